The van der Waals surface area contributed by atoms with E-state index in [2.05, 4.69) is 22.9 Å². The van der Waals surface area contributed by atoms with Crippen molar-refractivity contribution in [3.63, 3.8) is 0 Å². The van der Waals surface area contributed by atoms with Crippen LogP contribution in [0.1, 0.15) is 86.5 Å². The standard InChI is InChI=1S/C30H52N6O7S/c1-7-8-9-10-11-13-22-18-30(22,27(39)40)33-26(38)23-14-12-15-35(23)25(37)19-31-28(41)32-24(29(4,5)6)20-34-16-17-36(21(2)3)44(34,42)43/h11,13,21-24H,7-10,12,14-20H2,1-6H3,(H,33,38)(H,39,40)(H2,31,32,41)/b13-11-/t22?,23-,24?,30+/m0/s1. The molecular weight excluding hydrogens is 588 g/mol. The molecule has 4 amide bonds. The molecule has 1 aliphatic carbocycles. The van der Waals surface area contributed by atoms with E-state index in [4.69, 9.17) is 0 Å². The van der Waals surface area contributed by atoms with Gasteiger partial charge in [0.15, 0.2) is 0 Å². The molecule has 13 nitrogen and oxygen atoms in total. The number of nitrogens with zero attached hydrogens (tertiary/aromatic N) is 3. The van der Waals surface area contributed by atoms with Crippen LogP contribution in [0.3, 0.4) is 0 Å². The zero-order chi connectivity index (χ0) is 32.9. The molecule has 0 aromatic heterocycles. The second-order valence-corrected chi connectivity index (χ2v) is 15.4. The molecule has 0 aromatic carbocycles. The highest BCUT2D eigenvalue weighted by Crippen LogP contribution is 2.45. The third kappa shape index (κ3) is 8.51. The highest BCUT2D eigenvalue weighted by molar-refractivity contribution is 7.87. The molecule has 2 aliphatic heterocycles. The zero-order valence-electron chi connectivity index (χ0n) is 27.1. The Morgan fingerprint density at radius 1 is 1.09 bits per heavy atom. The van der Waals surface area contributed by atoms with Gasteiger partial charge < -0.3 is 26.0 Å². The van der Waals surface area contributed by atoms with Gasteiger partial charge in [-0.3, -0.25) is 9.59 Å². The fourth-order valence-electron chi connectivity index (χ4n) is 5.88. The number of carbonyl (C=O) groups excluding carboxylic acids is 3. The fourth-order valence-corrected chi connectivity index (χ4v) is 7.67. The van der Waals surface area contributed by atoms with Gasteiger partial charge in [-0.2, -0.15) is 17.0 Å². The molecule has 3 aliphatic rings. The molecule has 14 heteroatoms. The Hall–Kier alpha value is -2.71. The van der Waals surface area contributed by atoms with Crippen LogP contribution in [0.25, 0.3) is 0 Å². The predicted molar refractivity (Wildman–Crippen MR) is 167 cm³/mol. The number of aliphatic carboxylic acids is 1. The van der Waals surface area contributed by atoms with Crippen LogP contribution >= 0.6 is 0 Å². The Morgan fingerprint density at radius 3 is 2.39 bits per heavy atom. The third-order valence-corrected chi connectivity index (χ3v) is 11.0. The molecule has 2 saturated heterocycles. The Morgan fingerprint density at radius 2 is 1.80 bits per heavy atom. The SMILES string of the molecule is CCCCC/C=C\C1C[C@]1(NC(=O)[C@@H]1CCCN1C(=O)CNC(=O)NC(CN1CCN(C(C)C)S1(=O)=O)C(C)(C)C)C(=O)O. The average Bonchev–Trinajstić information content (AvgIpc) is 3.25. The Kier molecular flexibility index (Phi) is 11.9. The molecule has 44 heavy (non-hydrogen) atoms. The number of allylic oxidation sites excluding steroid dienone is 1. The van der Waals surface area contributed by atoms with E-state index >= 15 is 0 Å². The summed E-state index contributed by atoms with van der Waals surface area (Å²) in [5, 5.41) is 18.0. The lowest BCUT2D eigenvalue weighted by Gasteiger charge is -2.34. The molecule has 4 N–H and O–H groups in total. The summed E-state index contributed by atoms with van der Waals surface area (Å²) in [5.74, 6) is -2.33. The molecule has 4 atom stereocenters. The van der Waals surface area contributed by atoms with E-state index in [0.717, 1.165) is 25.7 Å². The van der Waals surface area contributed by atoms with Gasteiger partial charge in [-0.1, -0.05) is 52.7 Å². The van der Waals surface area contributed by atoms with Crippen molar-refractivity contribution in [3.8, 4) is 0 Å². The summed E-state index contributed by atoms with van der Waals surface area (Å²) in [6.07, 6.45) is 9.25. The van der Waals surface area contributed by atoms with Crippen LogP contribution in [-0.4, -0.2) is 107 Å². The first kappa shape index (κ1) is 35.8. The average molecular weight is 641 g/mol. The van der Waals surface area contributed by atoms with Gasteiger partial charge in [0.1, 0.15) is 11.6 Å². The molecule has 3 rings (SSSR count). The molecule has 2 heterocycles. The molecule has 1 saturated carbocycles. The topological polar surface area (TPSA) is 168 Å². The summed E-state index contributed by atoms with van der Waals surface area (Å²) in [6.45, 7) is 12.2. The van der Waals surface area contributed by atoms with Gasteiger partial charge in [0.2, 0.25) is 11.8 Å². The van der Waals surface area contributed by atoms with Crippen LogP contribution < -0.4 is 16.0 Å². The maximum atomic E-state index is 13.2. The van der Waals surface area contributed by atoms with E-state index in [0.29, 0.717) is 38.9 Å². The highest BCUT2D eigenvalue weighted by atomic mass is 32.2. The highest BCUT2D eigenvalue weighted by Gasteiger charge is 2.61. The van der Waals surface area contributed by atoms with Gasteiger partial charge in [0.25, 0.3) is 10.2 Å². The number of urea groups is 1. The molecule has 0 aromatic rings. The summed E-state index contributed by atoms with van der Waals surface area (Å²) in [7, 11) is -3.64. The van der Waals surface area contributed by atoms with Crippen LogP contribution in [0.2, 0.25) is 0 Å². The Bertz CT molecular complexity index is 1200. The maximum Gasteiger partial charge on any atom is 0.330 e. The van der Waals surface area contributed by atoms with Gasteiger partial charge in [0, 0.05) is 44.2 Å². The molecule has 3 fully saturated rings. The molecule has 2 unspecified atom stereocenters. The van der Waals surface area contributed by atoms with Crippen molar-refractivity contribution in [3.05, 3.63) is 12.2 Å². The lowest BCUT2D eigenvalue weighted by molar-refractivity contribution is -0.145. The van der Waals surface area contributed by atoms with E-state index in [1.165, 1.54) is 13.5 Å². The van der Waals surface area contributed by atoms with E-state index in [9.17, 15) is 32.7 Å². The van der Waals surface area contributed by atoms with Crippen LogP contribution in [0.15, 0.2) is 12.2 Å². The van der Waals surface area contributed by atoms with Crippen molar-refractivity contribution in [1.29, 1.82) is 0 Å². The minimum absolute atomic E-state index is 0.0883. The van der Waals surface area contributed by atoms with E-state index in [1.54, 1.807) is 0 Å². The van der Waals surface area contributed by atoms with Crippen LogP contribution in [0.4, 0.5) is 4.79 Å². The van der Waals surface area contributed by atoms with Crippen LogP contribution in [0, 0.1) is 11.3 Å². The summed E-state index contributed by atoms with van der Waals surface area (Å²) < 4.78 is 28.7. The number of nitrogens with one attached hydrogen (secondary N) is 3. The Balaban J connectivity index is 1.54. The number of rotatable bonds is 14. The van der Waals surface area contributed by atoms with Crippen molar-refractivity contribution in [2.75, 3.05) is 32.7 Å². The largest absolute Gasteiger partial charge is 0.479 e. The maximum absolute atomic E-state index is 13.2. The van der Waals surface area contributed by atoms with Crippen molar-refractivity contribution in [1.82, 2.24) is 29.5 Å². The predicted octanol–water partition coefficient (Wildman–Crippen LogP) is 2.06. The number of carboxylic acid groups (broad SMARTS) is 1. The minimum Gasteiger partial charge on any atom is -0.479 e. The monoisotopic (exact) mass is 640 g/mol. The zero-order valence-corrected chi connectivity index (χ0v) is 27.9. The van der Waals surface area contributed by atoms with Gasteiger partial charge in [0.05, 0.1) is 6.54 Å². The number of hydrogen-bond donors (Lipinski definition) is 4. The normalized spacial score (nSPS) is 26.2. The number of hydrogen-bond acceptors (Lipinski definition) is 6. The van der Waals surface area contributed by atoms with Gasteiger partial charge >= 0.3 is 12.0 Å². The second kappa shape index (κ2) is 14.6. The summed E-state index contributed by atoms with van der Waals surface area (Å²) in [5.41, 5.74) is -1.84. The number of amides is 4. The summed E-state index contributed by atoms with van der Waals surface area (Å²) in [4.78, 5) is 52.7. The summed E-state index contributed by atoms with van der Waals surface area (Å²) in [6, 6.07) is -2.14. The van der Waals surface area contributed by atoms with E-state index in [-0.39, 0.29) is 25.0 Å². The number of carbonyl (C=O) groups is 4. The smallest absolute Gasteiger partial charge is 0.330 e. The molecule has 250 valence electrons. The number of likely N-dealkylation sites (tertiary alicyclic amines) is 1. The third-order valence-electron chi connectivity index (χ3n) is 8.87. The van der Waals surface area contributed by atoms with Crippen molar-refractivity contribution < 1.29 is 32.7 Å². The number of carboxylic acids is 1. The molecule has 0 radical (unpaired) electrons. The quantitative estimate of drug-likeness (QED) is 0.166. The molecule has 0 spiro atoms. The van der Waals surface area contributed by atoms with Crippen LogP contribution in [-0.2, 0) is 24.6 Å². The Labute approximate surface area is 262 Å². The van der Waals surface area contributed by atoms with Gasteiger partial charge in [-0.25, -0.2) is 9.59 Å². The first-order valence-electron chi connectivity index (χ1n) is 15.9. The van der Waals surface area contributed by atoms with Crippen molar-refractivity contribution >= 4 is 34.0 Å². The van der Waals surface area contributed by atoms with Crippen molar-refractivity contribution in [2.45, 2.75) is 110 Å². The van der Waals surface area contributed by atoms with E-state index in [1.807, 2.05) is 46.8 Å². The number of unbranched alkanes of at least 4 members (excludes halogenated alkanes) is 3. The van der Waals surface area contributed by atoms with E-state index < -0.39 is 57.1 Å². The van der Waals surface area contributed by atoms with Crippen molar-refractivity contribution in [2.24, 2.45) is 11.3 Å². The van der Waals surface area contributed by atoms with Crippen LogP contribution in [0.5, 0.6) is 0 Å². The minimum atomic E-state index is -3.64. The first-order valence-corrected chi connectivity index (χ1v) is 17.3. The van der Waals surface area contributed by atoms with Gasteiger partial charge in [-0.05, 0) is 51.4 Å². The first-order chi connectivity index (χ1) is 20.5. The fraction of sp³-hybridized carbons (Fsp3) is 0.800. The second-order valence-electron chi connectivity index (χ2n) is 13.6. The lowest BCUT2D eigenvalue weighted by Crippen LogP contribution is -2.56. The molecular formula is C30H52N6O7S. The van der Waals surface area contributed by atoms with Gasteiger partial charge in [-0.15, -0.1) is 0 Å². The summed E-state index contributed by atoms with van der Waals surface area (Å²) >= 11 is 0. The molecule has 0 bridgehead atoms. The lowest BCUT2D eigenvalue weighted by atomic mass is 9.86.